The molecule has 1 rings (SSSR count). The molecule has 0 aliphatic carbocycles. The number of hydrogen-bond acceptors (Lipinski definition) is 5. The van der Waals surface area contributed by atoms with Gasteiger partial charge in [-0.05, 0) is 25.8 Å². The monoisotopic (exact) mass is 285 g/mol. The summed E-state index contributed by atoms with van der Waals surface area (Å²) in [7, 11) is -0.734. The Morgan fingerprint density at radius 2 is 2.00 bits per heavy atom. The zero-order valence-electron chi connectivity index (χ0n) is 12.6. The number of ether oxygens (including phenoxy) is 1. The maximum Gasteiger partial charge on any atom is 0.360 e. The van der Waals surface area contributed by atoms with E-state index in [4.69, 9.17) is 13.6 Å². The predicted octanol–water partition coefficient (Wildman–Crippen LogP) is 2.41. The van der Waals surface area contributed by atoms with E-state index in [1.165, 1.54) is 6.26 Å². The lowest BCUT2D eigenvalue weighted by molar-refractivity contribution is 0.0518. The Morgan fingerprint density at radius 3 is 2.53 bits per heavy atom. The molecule has 0 spiro atoms. The molecule has 1 aromatic heterocycles. The summed E-state index contributed by atoms with van der Waals surface area (Å²) < 4.78 is 16.2. The first-order valence-electron chi connectivity index (χ1n) is 6.43. The van der Waals surface area contributed by atoms with Gasteiger partial charge < -0.3 is 13.6 Å². The van der Waals surface area contributed by atoms with Crippen LogP contribution in [0.15, 0.2) is 10.7 Å². The second-order valence-electron chi connectivity index (χ2n) is 6.12. The fourth-order valence-corrected chi connectivity index (χ4v) is 2.23. The van der Waals surface area contributed by atoms with E-state index in [0.717, 1.165) is 0 Å². The van der Waals surface area contributed by atoms with Gasteiger partial charge in [-0.2, -0.15) is 0 Å². The van der Waals surface area contributed by atoms with Crippen molar-refractivity contribution in [1.29, 1.82) is 0 Å². The first-order valence-corrected chi connectivity index (χ1v) is 7.71. The molecule has 108 valence electrons. The van der Waals surface area contributed by atoms with Crippen LogP contribution in [0.2, 0.25) is 5.04 Å². The van der Waals surface area contributed by atoms with Crippen LogP contribution in [0.1, 0.15) is 57.9 Å². The van der Waals surface area contributed by atoms with Crippen LogP contribution < -0.4 is 0 Å². The van der Waals surface area contributed by atoms with Gasteiger partial charge >= 0.3 is 5.97 Å². The Labute approximate surface area is 116 Å². The molecule has 0 saturated heterocycles. The van der Waals surface area contributed by atoms with E-state index in [1.807, 2.05) is 13.8 Å². The summed E-state index contributed by atoms with van der Waals surface area (Å²) in [5, 5.41) is 0.188. The van der Waals surface area contributed by atoms with Crippen molar-refractivity contribution in [3.05, 3.63) is 17.8 Å². The van der Waals surface area contributed by atoms with Crippen LogP contribution in [0.5, 0.6) is 0 Å². The van der Waals surface area contributed by atoms with Crippen molar-refractivity contribution in [3.8, 4) is 0 Å². The van der Waals surface area contributed by atoms with Crippen molar-refractivity contribution in [2.75, 3.05) is 6.61 Å². The second-order valence-corrected chi connectivity index (χ2v) is 8.82. The fraction of sp³-hybridized carbons (Fsp3) is 0.692. The summed E-state index contributed by atoms with van der Waals surface area (Å²) >= 11 is 0. The van der Waals surface area contributed by atoms with E-state index in [9.17, 15) is 4.79 Å². The molecule has 0 aliphatic rings. The Hall–Kier alpha value is -1.14. The van der Waals surface area contributed by atoms with Gasteiger partial charge in [0.15, 0.2) is 15.5 Å². The summed E-state index contributed by atoms with van der Waals surface area (Å²) in [5.41, 5.74) is -0.435. The van der Waals surface area contributed by atoms with Gasteiger partial charge in [0.2, 0.25) is 5.89 Å². The molecule has 0 atom stereocenters. The Kier molecular flexibility index (Phi) is 4.92. The van der Waals surface area contributed by atoms with Gasteiger partial charge in [-0.3, -0.25) is 0 Å². The standard InChI is InChI=1S/C13H23NO4Si/c1-7-16-10(15)9-8-17-11(14-9)13(5,6)18-19-12(2,3)4/h8H,7,19H2,1-6H3. The first-order chi connectivity index (χ1) is 8.65. The van der Waals surface area contributed by atoms with Gasteiger partial charge in [-0.15, -0.1) is 0 Å². The third kappa shape index (κ3) is 4.79. The number of carbonyl (C=O) groups is 1. The third-order valence-corrected chi connectivity index (χ3v) is 4.10. The molecule has 1 aromatic rings. The minimum atomic E-state index is -0.734. The van der Waals surface area contributed by atoms with Crippen LogP contribution in [-0.4, -0.2) is 27.3 Å². The molecule has 0 N–H and O–H groups in total. The van der Waals surface area contributed by atoms with Crippen LogP contribution in [0.3, 0.4) is 0 Å². The lowest BCUT2D eigenvalue weighted by Crippen LogP contribution is -2.28. The number of hydrogen-bond donors (Lipinski definition) is 0. The second kappa shape index (κ2) is 5.88. The lowest BCUT2D eigenvalue weighted by atomic mass is 10.1. The fourth-order valence-electron chi connectivity index (χ4n) is 1.31. The van der Waals surface area contributed by atoms with Crippen LogP contribution in [0, 0.1) is 0 Å². The normalized spacial score (nSPS) is 13.2. The SMILES string of the molecule is CCOC(=O)c1coc(C(C)(C)O[SiH2]C(C)(C)C)n1. The molecule has 5 nitrogen and oxygen atoms in total. The van der Waals surface area contributed by atoms with Crippen LogP contribution >= 0.6 is 0 Å². The molecule has 1 heterocycles. The predicted molar refractivity (Wildman–Crippen MR) is 74.8 cm³/mol. The van der Waals surface area contributed by atoms with Crippen molar-refractivity contribution in [1.82, 2.24) is 4.98 Å². The highest BCUT2D eigenvalue weighted by Crippen LogP contribution is 2.28. The number of carbonyl (C=O) groups excluding carboxylic acids is 1. The van der Waals surface area contributed by atoms with E-state index in [2.05, 4.69) is 25.8 Å². The van der Waals surface area contributed by atoms with E-state index >= 15 is 0 Å². The maximum absolute atomic E-state index is 11.5. The molecule has 19 heavy (non-hydrogen) atoms. The first kappa shape index (κ1) is 15.9. The molecule has 0 aliphatic heterocycles. The zero-order valence-corrected chi connectivity index (χ0v) is 14.0. The van der Waals surface area contributed by atoms with Gasteiger partial charge in [-0.25, -0.2) is 9.78 Å². The number of rotatable bonds is 5. The quantitative estimate of drug-likeness (QED) is 0.614. The molecule has 0 aromatic carbocycles. The Morgan fingerprint density at radius 1 is 1.37 bits per heavy atom. The van der Waals surface area contributed by atoms with Gasteiger partial charge in [0.1, 0.15) is 11.9 Å². The molecule has 0 amide bonds. The highest BCUT2D eigenvalue weighted by molar-refractivity contribution is 6.31. The van der Waals surface area contributed by atoms with Crippen molar-refractivity contribution in [2.45, 2.75) is 52.2 Å². The average Bonchev–Trinajstić information content (AvgIpc) is 2.76. The minimum Gasteiger partial charge on any atom is -0.461 e. The summed E-state index contributed by atoms with van der Waals surface area (Å²) in [6.07, 6.45) is 1.32. The average molecular weight is 285 g/mol. The van der Waals surface area contributed by atoms with Crippen molar-refractivity contribution >= 4 is 15.7 Å². The number of nitrogens with zero attached hydrogens (tertiary/aromatic N) is 1. The molecule has 0 fully saturated rings. The highest BCUT2D eigenvalue weighted by atomic mass is 28.2. The van der Waals surface area contributed by atoms with Crippen molar-refractivity contribution in [2.24, 2.45) is 0 Å². The molecule has 0 bridgehead atoms. The van der Waals surface area contributed by atoms with Crippen LogP contribution in [0.4, 0.5) is 0 Å². The maximum atomic E-state index is 11.5. The van der Waals surface area contributed by atoms with E-state index in [-0.39, 0.29) is 10.7 Å². The zero-order chi connectivity index (χ0) is 14.7. The number of oxazole rings is 1. The summed E-state index contributed by atoms with van der Waals surface area (Å²) in [4.78, 5) is 15.7. The lowest BCUT2D eigenvalue weighted by Gasteiger charge is -2.27. The minimum absolute atomic E-state index is 0.186. The summed E-state index contributed by atoms with van der Waals surface area (Å²) in [5.74, 6) is -0.0614. The molecule has 6 heteroatoms. The van der Waals surface area contributed by atoms with Gasteiger partial charge in [0, 0.05) is 0 Å². The topological polar surface area (TPSA) is 61.6 Å². The van der Waals surface area contributed by atoms with E-state index < -0.39 is 21.3 Å². The molecule has 0 saturated carbocycles. The highest BCUT2D eigenvalue weighted by Gasteiger charge is 2.30. The smallest absolute Gasteiger partial charge is 0.360 e. The summed E-state index contributed by atoms with van der Waals surface area (Å²) in [6, 6.07) is 0. The van der Waals surface area contributed by atoms with Crippen molar-refractivity contribution < 1.29 is 18.4 Å². The Bertz CT molecular complexity index is 434. The van der Waals surface area contributed by atoms with Gasteiger partial charge in [0.05, 0.1) is 6.61 Å². The summed E-state index contributed by atoms with van der Waals surface area (Å²) in [6.45, 7) is 12.3. The van der Waals surface area contributed by atoms with Crippen LogP contribution in [0.25, 0.3) is 0 Å². The van der Waals surface area contributed by atoms with Gasteiger partial charge in [-0.1, -0.05) is 20.8 Å². The van der Waals surface area contributed by atoms with Crippen LogP contribution in [-0.2, 0) is 14.8 Å². The van der Waals surface area contributed by atoms with E-state index in [1.54, 1.807) is 6.92 Å². The molecule has 0 radical (unpaired) electrons. The number of aromatic nitrogens is 1. The van der Waals surface area contributed by atoms with Crippen molar-refractivity contribution in [3.63, 3.8) is 0 Å². The third-order valence-electron chi connectivity index (χ3n) is 2.37. The molecular weight excluding hydrogens is 262 g/mol. The van der Waals surface area contributed by atoms with Gasteiger partial charge in [0.25, 0.3) is 0 Å². The van der Waals surface area contributed by atoms with E-state index in [0.29, 0.717) is 12.5 Å². The number of esters is 1. The molecule has 0 unspecified atom stereocenters. The Balaban J connectivity index is 2.76. The molecular formula is C13H23NO4Si. The largest absolute Gasteiger partial charge is 0.461 e.